The summed E-state index contributed by atoms with van der Waals surface area (Å²) in [6, 6.07) is 1.59. The van der Waals surface area contributed by atoms with Gasteiger partial charge in [0.25, 0.3) is 0 Å². The molecule has 0 bridgehead atoms. The number of carbonyl (C=O) groups excluding carboxylic acids is 1. The van der Waals surface area contributed by atoms with Crippen molar-refractivity contribution in [3.8, 4) is 0 Å². The van der Waals surface area contributed by atoms with Crippen molar-refractivity contribution in [1.29, 1.82) is 0 Å². The van der Waals surface area contributed by atoms with Crippen LogP contribution in [0.5, 0.6) is 0 Å². The van der Waals surface area contributed by atoms with Crippen molar-refractivity contribution < 1.29 is 4.79 Å². The highest BCUT2D eigenvalue weighted by atomic mass is 16.2. The fourth-order valence-corrected chi connectivity index (χ4v) is 1.18. The highest BCUT2D eigenvalue weighted by molar-refractivity contribution is 5.90. The Bertz CT molecular complexity index is 531. The minimum Gasteiger partial charge on any atom is -0.322 e. The molecular weight excluding hydrogens is 210 g/mol. The van der Waals surface area contributed by atoms with Crippen LogP contribution in [0.15, 0.2) is 35.6 Å². The maximum Gasteiger partial charge on any atom is 0.347 e. The Labute approximate surface area is 90.1 Å². The molecule has 1 amide bonds. The van der Waals surface area contributed by atoms with Crippen LogP contribution < -0.4 is 11.0 Å². The van der Waals surface area contributed by atoms with E-state index in [1.165, 1.54) is 23.2 Å². The Hall–Kier alpha value is -2.44. The molecule has 0 aromatic carbocycles. The van der Waals surface area contributed by atoms with Crippen LogP contribution in [0.1, 0.15) is 0 Å². The third kappa shape index (κ3) is 2.32. The topological polar surface area (TPSA) is 92.7 Å². The largest absolute Gasteiger partial charge is 0.347 e. The minimum absolute atomic E-state index is 0.0716. The van der Waals surface area contributed by atoms with Gasteiger partial charge in [0.1, 0.15) is 6.54 Å². The van der Waals surface area contributed by atoms with Crippen molar-refractivity contribution in [2.75, 3.05) is 5.32 Å². The number of hydrogen-bond acceptors (Lipinski definition) is 4. The number of amides is 1. The molecule has 0 spiro atoms. The lowest BCUT2D eigenvalue weighted by Gasteiger charge is -2.03. The van der Waals surface area contributed by atoms with Crippen LogP contribution in [0, 0.1) is 0 Å². The molecule has 2 heterocycles. The van der Waals surface area contributed by atoms with Gasteiger partial charge in [0.15, 0.2) is 0 Å². The Balaban J connectivity index is 2.03. The summed E-state index contributed by atoms with van der Waals surface area (Å²) in [5.41, 5.74) is 0.104. The van der Waals surface area contributed by atoms with Gasteiger partial charge in [-0.3, -0.25) is 14.5 Å². The second kappa shape index (κ2) is 4.39. The van der Waals surface area contributed by atoms with E-state index in [-0.39, 0.29) is 12.5 Å². The summed E-state index contributed by atoms with van der Waals surface area (Å²) in [6.45, 7) is -0.0716. The first-order valence-corrected chi connectivity index (χ1v) is 4.56. The highest BCUT2D eigenvalue weighted by Gasteiger charge is 2.05. The van der Waals surface area contributed by atoms with Crippen LogP contribution in [0.3, 0.4) is 0 Å². The summed E-state index contributed by atoms with van der Waals surface area (Å²) in [5.74, 6) is -0.309. The molecule has 0 saturated heterocycles. The van der Waals surface area contributed by atoms with Gasteiger partial charge < -0.3 is 5.32 Å². The van der Waals surface area contributed by atoms with Gasteiger partial charge in [0.05, 0.1) is 11.9 Å². The van der Waals surface area contributed by atoms with Crippen LogP contribution in [-0.4, -0.2) is 25.7 Å². The summed E-state index contributed by atoms with van der Waals surface area (Å²) in [5, 5.41) is 8.82. The molecular formula is C9H9N5O2. The Morgan fingerprint density at radius 1 is 1.56 bits per heavy atom. The van der Waals surface area contributed by atoms with Crippen molar-refractivity contribution in [2.45, 2.75) is 6.54 Å². The lowest BCUT2D eigenvalue weighted by Crippen LogP contribution is -2.28. The predicted octanol–water partition coefficient (Wildman–Crippen LogP) is -0.395. The van der Waals surface area contributed by atoms with Gasteiger partial charge >= 0.3 is 5.69 Å². The molecule has 2 rings (SSSR count). The van der Waals surface area contributed by atoms with Gasteiger partial charge in [-0.05, 0) is 6.07 Å². The Morgan fingerprint density at radius 2 is 2.44 bits per heavy atom. The molecule has 2 aromatic rings. The van der Waals surface area contributed by atoms with Gasteiger partial charge in [0.2, 0.25) is 5.91 Å². The molecule has 2 N–H and O–H groups in total. The number of nitrogens with one attached hydrogen (secondary N) is 2. The molecule has 0 aliphatic rings. The summed E-state index contributed by atoms with van der Waals surface area (Å²) < 4.78 is 1.22. The number of anilines is 1. The van der Waals surface area contributed by atoms with Gasteiger partial charge in [-0.15, -0.1) is 0 Å². The Kier molecular flexibility index (Phi) is 2.77. The summed E-state index contributed by atoms with van der Waals surface area (Å²) in [4.78, 5) is 26.2. The standard InChI is InChI=1S/C9H9N5O2/c15-8(13-7-4-11-12-5-7)6-14-3-1-2-10-9(14)16/h1-5H,6H2,(H,11,12)(H,13,15). The van der Waals surface area contributed by atoms with Crippen molar-refractivity contribution in [3.05, 3.63) is 41.3 Å². The van der Waals surface area contributed by atoms with E-state index in [2.05, 4.69) is 20.5 Å². The quantitative estimate of drug-likeness (QED) is 0.734. The van der Waals surface area contributed by atoms with E-state index in [1.54, 1.807) is 12.3 Å². The van der Waals surface area contributed by atoms with E-state index in [0.29, 0.717) is 5.69 Å². The van der Waals surface area contributed by atoms with Crippen LogP contribution in [0.4, 0.5) is 5.69 Å². The first-order valence-electron chi connectivity index (χ1n) is 4.56. The monoisotopic (exact) mass is 219 g/mol. The van der Waals surface area contributed by atoms with Crippen molar-refractivity contribution in [1.82, 2.24) is 19.7 Å². The number of aromatic nitrogens is 4. The van der Waals surface area contributed by atoms with E-state index in [1.807, 2.05) is 0 Å². The van der Waals surface area contributed by atoms with Crippen LogP contribution in [0.25, 0.3) is 0 Å². The fourth-order valence-electron chi connectivity index (χ4n) is 1.18. The zero-order valence-electron chi connectivity index (χ0n) is 8.25. The second-order valence-corrected chi connectivity index (χ2v) is 3.07. The number of H-pyrrole nitrogens is 1. The van der Waals surface area contributed by atoms with E-state index < -0.39 is 5.69 Å². The number of aromatic amines is 1. The van der Waals surface area contributed by atoms with Gasteiger partial charge in [-0.2, -0.15) is 5.10 Å². The normalized spacial score (nSPS) is 10.0. The van der Waals surface area contributed by atoms with E-state index >= 15 is 0 Å². The van der Waals surface area contributed by atoms with E-state index in [0.717, 1.165) is 0 Å². The molecule has 7 nitrogen and oxygen atoms in total. The maximum atomic E-state index is 11.5. The zero-order valence-corrected chi connectivity index (χ0v) is 8.25. The second-order valence-electron chi connectivity index (χ2n) is 3.07. The first kappa shape index (κ1) is 10.1. The molecule has 2 aromatic heterocycles. The molecule has 7 heteroatoms. The van der Waals surface area contributed by atoms with Crippen molar-refractivity contribution >= 4 is 11.6 Å². The van der Waals surface area contributed by atoms with Crippen LogP contribution >= 0.6 is 0 Å². The van der Waals surface area contributed by atoms with E-state index in [9.17, 15) is 9.59 Å². The zero-order chi connectivity index (χ0) is 11.4. The third-order valence-electron chi connectivity index (χ3n) is 1.88. The molecule has 0 fully saturated rings. The average Bonchev–Trinajstić information content (AvgIpc) is 2.74. The molecule has 16 heavy (non-hydrogen) atoms. The van der Waals surface area contributed by atoms with Gasteiger partial charge in [0, 0.05) is 18.6 Å². The number of hydrogen-bond donors (Lipinski definition) is 2. The summed E-state index contributed by atoms with van der Waals surface area (Å²) in [7, 11) is 0. The summed E-state index contributed by atoms with van der Waals surface area (Å²) in [6.07, 6.45) is 5.91. The third-order valence-corrected chi connectivity index (χ3v) is 1.88. The van der Waals surface area contributed by atoms with Crippen LogP contribution in [0.2, 0.25) is 0 Å². The van der Waals surface area contributed by atoms with Gasteiger partial charge in [-0.1, -0.05) is 0 Å². The first-order chi connectivity index (χ1) is 7.75. The molecule has 0 aliphatic heterocycles. The molecule has 82 valence electrons. The maximum absolute atomic E-state index is 11.5. The minimum atomic E-state index is -0.454. The van der Waals surface area contributed by atoms with E-state index in [4.69, 9.17) is 0 Å². The number of nitrogens with zero attached hydrogens (tertiary/aromatic N) is 3. The number of rotatable bonds is 3. The average molecular weight is 219 g/mol. The van der Waals surface area contributed by atoms with Gasteiger partial charge in [-0.25, -0.2) is 9.78 Å². The fraction of sp³-hybridized carbons (Fsp3) is 0.111. The molecule has 0 unspecified atom stereocenters. The predicted molar refractivity (Wildman–Crippen MR) is 55.7 cm³/mol. The molecule has 0 atom stereocenters. The van der Waals surface area contributed by atoms with Crippen molar-refractivity contribution in [3.63, 3.8) is 0 Å². The highest BCUT2D eigenvalue weighted by Crippen LogP contribution is 2.00. The lowest BCUT2D eigenvalue weighted by atomic mass is 10.5. The molecule has 0 aliphatic carbocycles. The summed E-state index contributed by atoms with van der Waals surface area (Å²) >= 11 is 0. The lowest BCUT2D eigenvalue weighted by molar-refractivity contribution is -0.116. The molecule has 0 saturated carbocycles. The SMILES string of the molecule is O=C(Cn1cccnc1=O)Nc1cn[nH]c1. The smallest absolute Gasteiger partial charge is 0.322 e. The van der Waals surface area contributed by atoms with Crippen molar-refractivity contribution in [2.24, 2.45) is 0 Å². The molecule has 0 radical (unpaired) electrons. The number of carbonyl (C=O) groups is 1. The Morgan fingerprint density at radius 3 is 3.12 bits per heavy atom. The van der Waals surface area contributed by atoms with Crippen LogP contribution in [-0.2, 0) is 11.3 Å².